The molecular weight excluding hydrogens is 314 g/mol. The lowest BCUT2D eigenvalue weighted by Crippen LogP contribution is -2.35. The Morgan fingerprint density at radius 3 is 2.36 bits per heavy atom. The van der Waals surface area contributed by atoms with Crippen LogP contribution < -0.4 is 9.61 Å². The topological polar surface area (TPSA) is 131 Å². The molecule has 0 fully saturated rings. The molecule has 0 amide bonds. The first kappa shape index (κ1) is 16.2. The van der Waals surface area contributed by atoms with Crippen LogP contribution in [0.4, 0.5) is 0 Å². The number of carboxylic acid groups (broad SMARTS) is 1. The number of aromatic nitrogens is 1. The number of H-pyrrole nitrogens is 1. The van der Waals surface area contributed by atoms with Crippen molar-refractivity contribution in [2.24, 2.45) is 5.41 Å². The molecule has 0 aliphatic heterocycles. The fourth-order valence-electron chi connectivity index (χ4n) is 2.53. The molecule has 0 radical (unpaired) electrons. The summed E-state index contributed by atoms with van der Waals surface area (Å²) in [4.78, 5) is 38.1. The van der Waals surface area contributed by atoms with Crippen molar-refractivity contribution in [1.82, 2.24) is 4.98 Å². The maximum absolute atomic E-state index is 12.3. The van der Waals surface area contributed by atoms with E-state index in [4.69, 9.17) is 5.11 Å². The summed E-state index contributed by atoms with van der Waals surface area (Å²) < 4.78 is 27.1. The molecule has 1 aromatic rings. The summed E-state index contributed by atoms with van der Waals surface area (Å²) >= 11 is 0. The maximum atomic E-state index is 12.3. The number of Topliss-reactive ketones (excluding diaryl/α,β-unsaturated/α-hetero) is 1. The number of ketones is 1. The number of carbonyl (C=O) groups excluding carboxylic acids is 1. The predicted octanol–water partition coefficient (Wildman–Crippen LogP) is 0.567. The van der Waals surface area contributed by atoms with Gasteiger partial charge in [0.2, 0.25) is 11.3 Å². The summed E-state index contributed by atoms with van der Waals surface area (Å²) in [5.74, 6) is -2.81. The first-order valence-electron chi connectivity index (χ1n) is 6.36. The third-order valence-electron chi connectivity index (χ3n) is 3.27. The Hall–Kier alpha value is -2.16. The molecule has 1 aliphatic rings. The van der Waals surface area contributed by atoms with E-state index >= 15 is 0 Å². The zero-order valence-corrected chi connectivity index (χ0v) is 13.0. The highest BCUT2D eigenvalue weighted by atomic mass is 32.2. The van der Waals surface area contributed by atoms with Crippen molar-refractivity contribution in [1.29, 1.82) is 0 Å². The third-order valence-corrected chi connectivity index (χ3v) is 3.74. The maximum Gasteiger partial charge on any atom is 0.345 e. The molecule has 0 aromatic carbocycles. The van der Waals surface area contributed by atoms with Gasteiger partial charge in [-0.3, -0.25) is 9.59 Å². The summed E-state index contributed by atoms with van der Waals surface area (Å²) in [5.41, 5.74) is -2.40. The minimum absolute atomic E-state index is 0.106. The first-order valence-corrected chi connectivity index (χ1v) is 8.18. The number of nitrogens with one attached hydrogen (secondary N) is 1. The second-order valence-electron chi connectivity index (χ2n) is 6.05. The van der Waals surface area contributed by atoms with Crippen molar-refractivity contribution in [3.05, 3.63) is 27.0 Å². The Morgan fingerprint density at radius 2 is 1.86 bits per heavy atom. The monoisotopic (exact) mass is 329 g/mol. The van der Waals surface area contributed by atoms with Gasteiger partial charge in [-0.1, -0.05) is 13.8 Å². The SMILES string of the molecule is CC1(C)CC(=O)c2c([nH]c(OS(C)(=O)=O)c(C(=O)O)c2=O)C1. The normalized spacial score (nSPS) is 17.0. The lowest BCUT2D eigenvalue weighted by atomic mass is 9.75. The highest BCUT2D eigenvalue weighted by molar-refractivity contribution is 7.86. The van der Waals surface area contributed by atoms with Crippen molar-refractivity contribution in [3.8, 4) is 5.88 Å². The Morgan fingerprint density at radius 1 is 1.27 bits per heavy atom. The van der Waals surface area contributed by atoms with E-state index in [9.17, 15) is 22.8 Å². The number of rotatable bonds is 3. The number of aromatic amines is 1. The first-order chi connectivity index (χ1) is 9.91. The highest BCUT2D eigenvalue weighted by Gasteiger charge is 2.36. The molecule has 22 heavy (non-hydrogen) atoms. The van der Waals surface area contributed by atoms with E-state index in [1.165, 1.54) is 0 Å². The molecule has 0 saturated heterocycles. The van der Waals surface area contributed by atoms with Gasteiger partial charge in [-0.2, -0.15) is 8.42 Å². The molecule has 120 valence electrons. The molecule has 9 heteroatoms. The molecule has 0 atom stereocenters. The fraction of sp³-hybridized carbons (Fsp3) is 0.462. The second kappa shape index (κ2) is 4.94. The van der Waals surface area contributed by atoms with E-state index < -0.39 is 44.2 Å². The van der Waals surface area contributed by atoms with Gasteiger partial charge >= 0.3 is 16.1 Å². The van der Waals surface area contributed by atoms with Gasteiger partial charge in [0.05, 0.1) is 11.8 Å². The zero-order chi connectivity index (χ0) is 16.9. The van der Waals surface area contributed by atoms with Crippen LogP contribution in [0.25, 0.3) is 0 Å². The van der Waals surface area contributed by atoms with Crippen LogP contribution in [0.15, 0.2) is 4.79 Å². The fourth-order valence-corrected chi connectivity index (χ4v) is 2.95. The van der Waals surface area contributed by atoms with Crippen molar-refractivity contribution in [2.75, 3.05) is 6.26 Å². The van der Waals surface area contributed by atoms with E-state index in [0.29, 0.717) is 6.42 Å². The second-order valence-corrected chi connectivity index (χ2v) is 7.62. The molecule has 2 rings (SSSR count). The molecule has 0 saturated carbocycles. The van der Waals surface area contributed by atoms with E-state index in [1.807, 2.05) is 13.8 Å². The molecule has 2 N–H and O–H groups in total. The molecule has 0 spiro atoms. The van der Waals surface area contributed by atoms with E-state index in [2.05, 4.69) is 9.17 Å². The number of pyridine rings is 1. The van der Waals surface area contributed by atoms with Crippen LogP contribution in [-0.4, -0.2) is 36.5 Å². The van der Waals surface area contributed by atoms with Crippen LogP contribution in [0.1, 0.15) is 46.7 Å². The molecule has 1 aromatic heterocycles. The largest absolute Gasteiger partial charge is 0.477 e. The highest BCUT2D eigenvalue weighted by Crippen LogP contribution is 2.34. The quantitative estimate of drug-likeness (QED) is 0.775. The average Bonchev–Trinajstić information content (AvgIpc) is 2.22. The summed E-state index contributed by atoms with van der Waals surface area (Å²) in [6.07, 6.45) is 1.13. The van der Waals surface area contributed by atoms with Gasteiger partial charge in [0.15, 0.2) is 11.3 Å². The number of carbonyl (C=O) groups is 2. The number of carboxylic acids is 1. The van der Waals surface area contributed by atoms with Crippen LogP contribution in [-0.2, 0) is 16.5 Å². The summed E-state index contributed by atoms with van der Waals surface area (Å²) in [5, 5.41) is 9.13. The van der Waals surface area contributed by atoms with Gasteiger partial charge in [-0.25, -0.2) is 4.79 Å². The van der Waals surface area contributed by atoms with Gasteiger partial charge in [0.1, 0.15) is 0 Å². The van der Waals surface area contributed by atoms with Crippen molar-refractivity contribution in [3.63, 3.8) is 0 Å². The Balaban J connectivity index is 2.78. The van der Waals surface area contributed by atoms with Crippen LogP contribution in [0.2, 0.25) is 0 Å². The Labute approximate surface area is 126 Å². The van der Waals surface area contributed by atoms with Gasteiger partial charge in [-0.15, -0.1) is 0 Å². The Kier molecular flexibility index (Phi) is 3.64. The minimum atomic E-state index is -4.04. The average molecular weight is 329 g/mol. The molecule has 8 nitrogen and oxygen atoms in total. The number of aromatic carboxylic acids is 1. The van der Waals surface area contributed by atoms with Crippen LogP contribution in [0.3, 0.4) is 0 Å². The van der Waals surface area contributed by atoms with Crippen LogP contribution in [0, 0.1) is 5.41 Å². The summed E-state index contributed by atoms with van der Waals surface area (Å²) in [6.45, 7) is 3.63. The smallest absolute Gasteiger partial charge is 0.345 e. The van der Waals surface area contributed by atoms with Crippen molar-refractivity contribution in [2.45, 2.75) is 26.7 Å². The van der Waals surface area contributed by atoms with E-state index in [1.54, 1.807) is 0 Å². The lowest BCUT2D eigenvalue weighted by Gasteiger charge is -2.29. The standard InChI is InChI=1S/C13H15NO7S/c1-13(2)4-6-8(7(15)5-13)10(16)9(12(17)18)11(14-6)21-22(3,19)20/h4-5H2,1-3H3,(H,14,16)(H,17,18). The van der Waals surface area contributed by atoms with E-state index in [-0.39, 0.29) is 17.7 Å². The molecule has 1 heterocycles. The zero-order valence-electron chi connectivity index (χ0n) is 12.2. The Bertz CT molecular complexity index is 833. The third kappa shape index (κ3) is 3.03. The summed E-state index contributed by atoms with van der Waals surface area (Å²) in [7, 11) is -4.04. The summed E-state index contributed by atoms with van der Waals surface area (Å²) in [6, 6.07) is 0. The van der Waals surface area contributed by atoms with Gasteiger partial charge in [0, 0.05) is 12.1 Å². The molecule has 1 aliphatic carbocycles. The predicted molar refractivity (Wildman–Crippen MR) is 75.9 cm³/mol. The van der Waals surface area contributed by atoms with Gasteiger partial charge in [0.25, 0.3) is 0 Å². The van der Waals surface area contributed by atoms with Crippen molar-refractivity contribution < 1.29 is 27.3 Å². The van der Waals surface area contributed by atoms with Gasteiger partial charge in [-0.05, 0) is 11.8 Å². The van der Waals surface area contributed by atoms with Crippen LogP contribution >= 0.6 is 0 Å². The van der Waals surface area contributed by atoms with Crippen LogP contribution in [0.5, 0.6) is 5.88 Å². The number of fused-ring (bicyclic) bond motifs is 1. The molecular formula is C13H15NO7S. The lowest BCUT2D eigenvalue weighted by molar-refractivity contribution is 0.0693. The molecule has 0 bridgehead atoms. The number of hydrogen-bond donors (Lipinski definition) is 2. The number of hydrogen-bond acceptors (Lipinski definition) is 6. The minimum Gasteiger partial charge on any atom is -0.477 e. The van der Waals surface area contributed by atoms with E-state index in [0.717, 1.165) is 6.26 Å². The van der Waals surface area contributed by atoms with Gasteiger partial charge < -0.3 is 14.3 Å². The van der Waals surface area contributed by atoms with Crippen molar-refractivity contribution >= 4 is 21.9 Å². The molecule has 0 unspecified atom stereocenters.